The molecule has 0 spiro atoms. The van der Waals surface area contributed by atoms with Crippen molar-refractivity contribution in [2.45, 2.75) is 45.7 Å². The van der Waals surface area contributed by atoms with Crippen molar-refractivity contribution in [3.8, 4) is 0 Å². The summed E-state index contributed by atoms with van der Waals surface area (Å²) in [7, 11) is 0. The minimum atomic E-state index is 0.630. The van der Waals surface area contributed by atoms with Gasteiger partial charge in [-0.2, -0.15) is 0 Å². The van der Waals surface area contributed by atoms with E-state index in [1.165, 1.54) is 24.8 Å². The van der Waals surface area contributed by atoms with Gasteiger partial charge >= 0.3 is 0 Å². The monoisotopic (exact) mass is 286 g/mol. The highest BCUT2D eigenvalue weighted by Crippen LogP contribution is 2.30. The Labute approximate surface area is 127 Å². The topological polar surface area (TPSA) is 46.6 Å². The third-order valence-corrected chi connectivity index (χ3v) is 4.89. The second-order valence-corrected chi connectivity index (χ2v) is 6.21. The lowest BCUT2D eigenvalue weighted by atomic mass is 10.0. The van der Waals surface area contributed by atoms with Crippen molar-refractivity contribution in [3.63, 3.8) is 0 Å². The summed E-state index contributed by atoms with van der Waals surface area (Å²) in [6, 6.07) is 4.82. The zero-order valence-electron chi connectivity index (χ0n) is 13.1. The average Bonchev–Trinajstić information content (AvgIpc) is 3.11. The largest absolute Gasteiger partial charge is 0.330 e. The molecule has 0 saturated heterocycles. The third kappa shape index (κ3) is 2.83. The minimum Gasteiger partial charge on any atom is -0.330 e. The van der Waals surface area contributed by atoms with E-state index < -0.39 is 0 Å². The molecule has 2 aromatic heterocycles. The highest BCUT2D eigenvalue weighted by Gasteiger charge is 2.30. The smallest absolute Gasteiger partial charge is 0.139 e. The first-order valence-corrected chi connectivity index (χ1v) is 8.10. The summed E-state index contributed by atoms with van der Waals surface area (Å²) in [5.41, 5.74) is 9.41. The van der Waals surface area contributed by atoms with Gasteiger partial charge in [0.25, 0.3) is 0 Å². The summed E-state index contributed by atoms with van der Waals surface area (Å²) in [5, 5.41) is 0. The van der Waals surface area contributed by atoms with Crippen molar-refractivity contribution < 1.29 is 0 Å². The Bertz CT molecular complexity index is 604. The lowest BCUT2D eigenvalue weighted by Gasteiger charge is -2.31. The first kappa shape index (κ1) is 14.5. The van der Waals surface area contributed by atoms with Crippen molar-refractivity contribution in [1.82, 2.24) is 14.3 Å². The number of rotatable bonds is 5. The summed E-state index contributed by atoms with van der Waals surface area (Å²) in [5.74, 6) is 0.656. The summed E-state index contributed by atoms with van der Waals surface area (Å²) < 4.78 is 2.13. The molecular weight excluding hydrogens is 260 g/mol. The molecule has 2 unspecified atom stereocenters. The van der Waals surface area contributed by atoms with Crippen LogP contribution in [0, 0.1) is 12.8 Å². The summed E-state index contributed by atoms with van der Waals surface area (Å²) >= 11 is 0. The van der Waals surface area contributed by atoms with Gasteiger partial charge in [0, 0.05) is 25.0 Å². The van der Waals surface area contributed by atoms with Gasteiger partial charge in [-0.1, -0.05) is 19.4 Å². The fourth-order valence-electron chi connectivity index (χ4n) is 3.73. The Morgan fingerprint density at radius 1 is 1.43 bits per heavy atom. The Balaban J connectivity index is 1.80. The molecule has 3 rings (SSSR count). The van der Waals surface area contributed by atoms with Crippen LogP contribution >= 0.6 is 0 Å². The van der Waals surface area contributed by atoms with Gasteiger partial charge in [0.2, 0.25) is 0 Å². The molecular formula is C17H26N4. The maximum Gasteiger partial charge on any atom is 0.139 e. The van der Waals surface area contributed by atoms with Gasteiger partial charge in [0.15, 0.2) is 0 Å². The molecule has 2 atom stereocenters. The van der Waals surface area contributed by atoms with Crippen LogP contribution < -0.4 is 5.73 Å². The molecule has 4 nitrogen and oxygen atoms in total. The number of hydrogen-bond donors (Lipinski definition) is 1. The molecule has 1 aliphatic carbocycles. The minimum absolute atomic E-state index is 0.630. The summed E-state index contributed by atoms with van der Waals surface area (Å²) in [6.45, 7) is 7.16. The molecule has 2 N–H and O–H groups in total. The van der Waals surface area contributed by atoms with Crippen molar-refractivity contribution in [1.29, 1.82) is 0 Å². The van der Waals surface area contributed by atoms with E-state index in [-0.39, 0.29) is 0 Å². The molecule has 2 aromatic rings. The van der Waals surface area contributed by atoms with E-state index in [1.54, 1.807) is 0 Å². The number of nitrogens with two attached hydrogens (primary N) is 1. The molecule has 4 heteroatoms. The van der Waals surface area contributed by atoms with E-state index in [2.05, 4.69) is 47.7 Å². The first-order chi connectivity index (χ1) is 10.2. The molecule has 1 aliphatic rings. The number of imidazole rings is 1. The molecule has 0 radical (unpaired) electrons. The average molecular weight is 286 g/mol. The van der Waals surface area contributed by atoms with Crippen LogP contribution in [-0.4, -0.2) is 33.4 Å². The van der Waals surface area contributed by atoms with Gasteiger partial charge in [0.05, 0.1) is 5.69 Å². The Morgan fingerprint density at radius 2 is 2.29 bits per heavy atom. The zero-order chi connectivity index (χ0) is 14.8. The van der Waals surface area contributed by atoms with Gasteiger partial charge in [0.1, 0.15) is 5.65 Å². The SMILES string of the molecule is CCN(Cc1cn2cccc(C)c2n1)C1CCCC1CN. The molecule has 2 heterocycles. The normalized spacial score (nSPS) is 22.5. The van der Waals surface area contributed by atoms with Crippen LogP contribution in [-0.2, 0) is 6.54 Å². The summed E-state index contributed by atoms with van der Waals surface area (Å²) in [6.07, 6.45) is 8.11. The molecule has 0 bridgehead atoms. The summed E-state index contributed by atoms with van der Waals surface area (Å²) in [4.78, 5) is 7.37. The van der Waals surface area contributed by atoms with Crippen LogP contribution in [0.15, 0.2) is 24.5 Å². The standard InChI is InChI=1S/C17H26N4/c1-3-20(16-8-4-7-14(16)10-18)11-15-12-21-9-5-6-13(2)17(21)19-15/h5-6,9,12,14,16H,3-4,7-8,10-11,18H2,1-2H3. The fraction of sp³-hybridized carbons (Fsp3) is 0.588. The van der Waals surface area contributed by atoms with Gasteiger partial charge < -0.3 is 10.1 Å². The zero-order valence-corrected chi connectivity index (χ0v) is 13.1. The fourth-order valence-corrected chi connectivity index (χ4v) is 3.73. The highest BCUT2D eigenvalue weighted by molar-refractivity contribution is 5.47. The van der Waals surface area contributed by atoms with Crippen molar-refractivity contribution in [3.05, 3.63) is 35.8 Å². The first-order valence-electron chi connectivity index (χ1n) is 8.10. The van der Waals surface area contributed by atoms with Gasteiger partial charge in [-0.05, 0) is 50.4 Å². The van der Waals surface area contributed by atoms with E-state index in [0.717, 1.165) is 31.0 Å². The predicted octanol–water partition coefficient (Wildman–Crippen LogP) is 2.59. The molecule has 1 saturated carbocycles. The number of fused-ring (bicyclic) bond motifs is 1. The van der Waals surface area contributed by atoms with Gasteiger partial charge in [-0.15, -0.1) is 0 Å². The van der Waals surface area contributed by atoms with Gasteiger partial charge in [-0.3, -0.25) is 4.90 Å². The second-order valence-electron chi connectivity index (χ2n) is 6.21. The maximum atomic E-state index is 5.94. The van der Waals surface area contributed by atoms with Crippen LogP contribution in [0.25, 0.3) is 5.65 Å². The number of aromatic nitrogens is 2. The molecule has 0 aromatic carbocycles. The lowest BCUT2D eigenvalue weighted by molar-refractivity contribution is 0.160. The second kappa shape index (κ2) is 6.16. The quantitative estimate of drug-likeness (QED) is 0.919. The third-order valence-electron chi connectivity index (χ3n) is 4.89. The van der Waals surface area contributed by atoms with Crippen LogP contribution in [0.4, 0.5) is 0 Å². The predicted molar refractivity (Wildman–Crippen MR) is 86.2 cm³/mol. The highest BCUT2D eigenvalue weighted by atomic mass is 15.2. The van der Waals surface area contributed by atoms with Crippen LogP contribution in [0.2, 0.25) is 0 Å². The molecule has 0 aliphatic heterocycles. The van der Waals surface area contributed by atoms with E-state index in [1.807, 2.05) is 0 Å². The van der Waals surface area contributed by atoms with Crippen molar-refractivity contribution in [2.24, 2.45) is 11.7 Å². The van der Waals surface area contributed by atoms with Crippen LogP contribution in [0.1, 0.15) is 37.4 Å². The molecule has 114 valence electrons. The van der Waals surface area contributed by atoms with E-state index in [9.17, 15) is 0 Å². The Kier molecular flexibility index (Phi) is 4.27. The van der Waals surface area contributed by atoms with E-state index in [4.69, 9.17) is 10.7 Å². The van der Waals surface area contributed by atoms with Gasteiger partial charge in [-0.25, -0.2) is 4.98 Å². The van der Waals surface area contributed by atoms with Crippen LogP contribution in [0.3, 0.4) is 0 Å². The van der Waals surface area contributed by atoms with E-state index >= 15 is 0 Å². The number of pyridine rings is 1. The Morgan fingerprint density at radius 3 is 3.00 bits per heavy atom. The van der Waals surface area contributed by atoms with E-state index in [0.29, 0.717) is 12.0 Å². The van der Waals surface area contributed by atoms with Crippen molar-refractivity contribution >= 4 is 5.65 Å². The number of hydrogen-bond acceptors (Lipinski definition) is 3. The molecule has 0 amide bonds. The van der Waals surface area contributed by atoms with Crippen molar-refractivity contribution in [2.75, 3.05) is 13.1 Å². The number of aryl methyl sites for hydroxylation is 1. The Hall–Kier alpha value is -1.39. The van der Waals surface area contributed by atoms with Crippen LogP contribution in [0.5, 0.6) is 0 Å². The lowest BCUT2D eigenvalue weighted by Crippen LogP contribution is -2.39. The number of nitrogens with zero attached hydrogens (tertiary/aromatic N) is 3. The molecule has 1 fully saturated rings. The maximum absolute atomic E-state index is 5.94. The molecule has 21 heavy (non-hydrogen) atoms.